The van der Waals surface area contributed by atoms with Crippen LogP contribution in [0.2, 0.25) is 0 Å². The van der Waals surface area contributed by atoms with E-state index in [0.29, 0.717) is 18.5 Å². The summed E-state index contributed by atoms with van der Waals surface area (Å²) in [6.45, 7) is 15.2. The van der Waals surface area contributed by atoms with Gasteiger partial charge in [0, 0.05) is 54.3 Å². The fourth-order valence-corrected chi connectivity index (χ4v) is 11.1. The number of aromatic nitrogens is 2. The number of rotatable bonds is 6. The summed E-state index contributed by atoms with van der Waals surface area (Å²) in [5.41, 5.74) is 29.8. The van der Waals surface area contributed by atoms with Gasteiger partial charge in [-0.25, -0.2) is 0 Å². The van der Waals surface area contributed by atoms with Crippen molar-refractivity contribution in [1.29, 1.82) is 0 Å². The zero-order chi connectivity index (χ0) is 41.8. The van der Waals surface area contributed by atoms with Crippen LogP contribution in [0.4, 0.5) is 0 Å². The van der Waals surface area contributed by atoms with E-state index in [1.165, 1.54) is 103 Å². The van der Waals surface area contributed by atoms with Crippen LogP contribution in [-0.2, 0) is 24.9 Å². The number of nitrogens with zero attached hydrogens (tertiary/aromatic N) is 2. The topological polar surface area (TPSA) is 33.8 Å². The molecule has 2 aliphatic heterocycles. The maximum absolute atomic E-state index is 6.21. The molecule has 61 heavy (non-hydrogen) atoms. The second kappa shape index (κ2) is 15.6. The molecule has 5 aromatic carbocycles. The molecule has 3 heteroatoms. The van der Waals surface area contributed by atoms with Crippen molar-refractivity contribution in [2.45, 2.75) is 76.9 Å². The maximum atomic E-state index is 6.21. The minimum absolute atomic E-state index is 0.198. The number of fused-ring (bicyclic) bond motifs is 11. The standard InChI is InChI=1S/C42H39N2.C16H16N/c1-5-9-31(6-2)32-14-16-33(17-15-32)34-21-23-44-41(26-34)38-19-18-35(37-11-8-7-10-36(37)27-43)25-40(38)42(44)22-20-30-13-12-28(3)39(24-30)29(42)4;1-11-5-8-16-13-7-6-12-3-2-4-15(14(13)9-12)17(16)10-11/h5-19,21,23-26,29H,1-2,20,22,27,43H2,3-4H3;5-10,15H,2-4H2,1H3/q2*+1/b31-9+;. The highest BCUT2D eigenvalue weighted by Crippen LogP contribution is 2.52. The minimum atomic E-state index is -0.198. The molecule has 300 valence electrons. The molecule has 7 aromatic rings. The SMILES string of the molecule is C=C/C=C(\C=C)c1ccc(-c2cc[n+]3c(c2)-c2ccc(-c4ccccc4CN)cc2C32CCc3ccc(C)c(c3)C2C)cc1.Cc1ccc2[n+](c1)C1CCCc3ccc-2c1c3. The summed E-state index contributed by atoms with van der Waals surface area (Å²) in [5, 5.41) is 0. The first kappa shape index (κ1) is 38.8. The zero-order valence-corrected chi connectivity index (χ0v) is 35.8. The Hall–Kier alpha value is -6.42. The van der Waals surface area contributed by atoms with Crippen molar-refractivity contribution < 1.29 is 9.13 Å². The summed E-state index contributed by atoms with van der Waals surface area (Å²) >= 11 is 0. The third-order valence-electron chi connectivity index (χ3n) is 14.2. The summed E-state index contributed by atoms with van der Waals surface area (Å²) in [7, 11) is 0. The van der Waals surface area contributed by atoms with Gasteiger partial charge < -0.3 is 5.73 Å². The van der Waals surface area contributed by atoms with Crippen molar-refractivity contribution >= 4 is 5.57 Å². The Balaban J connectivity index is 0.000000216. The second-order valence-electron chi connectivity index (χ2n) is 17.6. The average molecular weight is 794 g/mol. The van der Waals surface area contributed by atoms with Gasteiger partial charge in [-0.2, -0.15) is 9.13 Å². The van der Waals surface area contributed by atoms with E-state index in [-0.39, 0.29) is 5.54 Å². The summed E-state index contributed by atoms with van der Waals surface area (Å²) in [6.07, 6.45) is 16.2. The molecule has 0 amide bonds. The molecule has 3 nitrogen and oxygen atoms in total. The summed E-state index contributed by atoms with van der Waals surface area (Å²) in [5.74, 6) is 0.300. The van der Waals surface area contributed by atoms with Crippen LogP contribution in [0.3, 0.4) is 0 Å². The van der Waals surface area contributed by atoms with E-state index in [9.17, 15) is 0 Å². The van der Waals surface area contributed by atoms with Crippen LogP contribution in [0.5, 0.6) is 0 Å². The number of aryl methyl sites for hydroxylation is 4. The van der Waals surface area contributed by atoms with Gasteiger partial charge in [-0.1, -0.05) is 117 Å². The Labute approximate surface area is 361 Å². The molecule has 4 heterocycles. The first-order valence-electron chi connectivity index (χ1n) is 22.1. The van der Waals surface area contributed by atoms with E-state index >= 15 is 0 Å². The highest BCUT2D eigenvalue weighted by Gasteiger charge is 2.56. The van der Waals surface area contributed by atoms with Crippen LogP contribution >= 0.6 is 0 Å². The molecule has 3 atom stereocenters. The van der Waals surface area contributed by atoms with Crippen LogP contribution in [0.1, 0.15) is 88.2 Å². The molecule has 2 aliphatic carbocycles. The van der Waals surface area contributed by atoms with E-state index < -0.39 is 0 Å². The maximum Gasteiger partial charge on any atom is 0.214 e. The third-order valence-corrected chi connectivity index (χ3v) is 14.2. The van der Waals surface area contributed by atoms with Crippen molar-refractivity contribution in [3.05, 3.63) is 221 Å². The van der Waals surface area contributed by atoms with Gasteiger partial charge >= 0.3 is 0 Å². The Morgan fingerprint density at radius 1 is 0.738 bits per heavy atom. The van der Waals surface area contributed by atoms with Gasteiger partial charge in [-0.05, 0) is 125 Å². The van der Waals surface area contributed by atoms with Crippen LogP contribution in [-0.4, -0.2) is 0 Å². The number of hydrogen-bond acceptors (Lipinski definition) is 1. The van der Waals surface area contributed by atoms with Gasteiger partial charge in [-0.3, -0.25) is 0 Å². The van der Waals surface area contributed by atoms with Crippen LogP contribution < -0.4 is 14.9 Å². The predicted octanol–water partition coefficient (Wildman–Crippen LogP) is 12.5. The number of benzene rings is 5. The second-order valence-corrected chi connectivity index (χ2v) is 17.6. The molecule has 0 radical (unpaired) electrons. The van der Waals surface area contributed by atoms with E-state index in [1.54, 1.807) is 5.56 Å². The molecule has 3 unspecified atom stereocenters. The monoisotopic (exact) mass is 793 g/mol. The lowest BCUT2D eigenvalue weighted by atomic mass is 9.73. The molecule has 0 saturated heterocycles. The fourth-order valence-electron chi connectivity index (χ4n) is 11.1. The Bertz CT molecular complexity index is 2910. The minimum Gasteiger partial charge on any atom is -0.326 e. The Morgan fingerprint density at radius 3 is 2.33 bits per heavy atom. The van der Waals surface area contributed by atoms with Gasteiger partial charge in [0.1, 0.15) is 0 Å². The fraction of sp³-hybridized carbons (Fsp3) is 0.207. The van der Waals surface area contributed by atoms with Crippen LogP contribution in [0, 0.1) is 13.8 Å². The Kier molecular flexibility index (Phi) is 9.89. The van der Waals surface area contributed by atoms with Gasteiger partial charge in [-0.15, -0.1) is 0 Å². The van der Waals surface area contributed by atoms with Crippen LogP contribution in [0.25, 0.3) is 50.3 Å². The molecular weight excluding hydrogens is 739 g/mol. The molecular formula is C58H55N3+2. The van der Waals surface area contributed by atoms with Crippen molar-refractivity contribution in [3.8, 4) is 44.8 Å². The van der Waals surface area contributed by atoms with Crippen molar-refractivity contribution in [3.63, 3.8) is 0 Å². The Morgan fingerprint density at radius 2 is 1.51 bits per heavy atom. The van der Waals surface area contributed by atoms with E-state index in [4.69, 9.17) is 5.73 Å². The highest BCUT2D eigenvalue weighted by atomic mass is 15.1. The van der Waals surface area contributed by atoms with Gasteiger partial charge in [0.05, 0.1) is 17.0 Å². The van der Waals surface area contributed by atoms with Crippen LogP contribution in [0.15, 0.2) is 171 Å². The normalized spacial score (nSPS) is 18.9. The smallest absolute Gasteiger partial charge is 0.214 e. The van der Waals surface area contributed by atoms with Gasteiger partial charge in [0.15, 0.2) is 18.4 Å². The number of nitrogens with two attached hydrogens (primary N) is 1. The molecule has 4 bridgehead atoms. The molecule has 2 N–H and O–H groups in total. The lowest BCUT2D eigenvalue weighted by molar-refractivity contribution is -0.743. The molecule has 0 saturated carbocycles. The predicted molar refractivity (Wildman–Crippen MR) is 252 cm³/mol. The van der Waals surface area contributed by atoms with E-state index in [2.05, 4.69) is 183 Å². The quantitative estimate of drug-likeness (QED) is 0.132. The number of allylic oxidation sites excluding steroid dienone is 4. The molecule has 4 aliphatic rings. The number of pyridine rings is 2. The summed E-state index contributed by atoms with van der Waals surface area (Å²) in [4.78, 5) is 0. The van der Waals surface area contributed by atoms with Gasteiger partial charge in [0.25, 0.3) is 0 Å². The first-order valence-corrected chi connectivity index (χ1v) is 22.1. The summed E-state index contributed by atoms with van der Waals surface area (Å²) in [6, 6.07) is 48.3. The highest BCUT2D eigenvalue weighted by molar-refractivity contribution is 5.80. The number of hydrogen-bond donors (Lipinski definition) is 1. The molecule has 2 aromatic heterocycles. The largest absolute Gasteiger partial charge is 0.326 e. The lowest BCUT2D eigenvalue weighted by Crippen LogP contribution is -2.57. The lowest BCUT2D eigenvalue weighted by Gasteiger charge is -2.32. The van der Waals surface area contributed by atoms with Crippen molar-refractivity contribution in [2.75, 3.05) is 0 Å². The third kappa shape index (κ3) is 6.46. The average Bonchev–Trinajstić information content (AvgIpc) is 3.62. The van der Waals surface area contributed by atoms with Gasteiger partial charge in [0.2, 0.25) is 16.9 Å². The van der Waals surface area contributed by atoms with E-state index in [0.717, 1.165) is 24.0 Å². The molecule has 0 fully saturated rings. The van der Waals surface area contributed by atoms with Crippen molar-refractivity contribution in [1.82, 2.24) is 0 Å². The van der Waals surface area contributed by atoms with E-state index in [1.807, 2.05) is 18.2 Å². The first-order chi connectivity index (χ1) is 29.8. The molecule has 11 rings (SSSR count). The molecule has 1 spiro atoms. The van der Waals surface area contributed by atoms with Crippen molar-refractivity contribution in [2.24, 2.45) is 5.73 Å². The zero-order valence-electron chi connectivity index (χ0n) is 35.8. The summed E-state index contributed by atoms with van der Waals surface area (Å²) < 4.78 is 5.08.